The number of ether oxygens (including phenoxy) is 1. The Morgan fingerprint density at radius 2 is 1.60 bits per heavy atom. The molecule has 1 unspecified atom stereocenters. The van der Waals surface area contributed by atoms with E-state index < -0.39 is 0 Å². The molecule has 1 fully saturated rings. The maximum Gasteiger partial charge on any atom is 0.116 e. The van der Waals surface area contributed by atoms with Crippen LogP contribution in [0.25, 0.3) is 6.08 Å². The minimum atomic E-state index is -0.367. The lowest BCUT2D eigenvalue weighted by Gasteiger charge is -2.25. The van der Waals surface area contributed by atoms with Gasteiger partial charge in [-0.3, -0.25) is 0 Å². The van der Waals surface area contributed by atoms with Crippen LogP contribution < -0.4 is 0 Å². The van der Waals surface area contributed by atoms with Crippen LogP contribution in [0.15, 0.2) is 78.9 Å². The Morgan fingerprint density at radius 1 is 0.950 bits per heavy atom. The van der Waals surface area contributed by atoms with E-state index >= 15 is 0 Å². The Kier molecular flexibility index (Phi) is 3.53. The van der Waals surface area contributed by atoms with Crippen LogP contribution in [0.2, 0.25) is 0 Å². The summed E-state index contributed by atoms with van der Waals surface area (Å²) in [5, 5.41) is 0. The van der Waals surface area contributed by atoms with Crippen molar-refractivity contribution in [1.29, 1.82) is 0 Å². The van der Waals surface area contributed by atoms with E-state index in [-0.39, 0.29) is 5.60 Å². The van der Waals surface area contributed by atoms with E-state index in [0.717, 1.165) is 12.0 Å². The van der Waals surface area contributed by atoms with E-state index in [1.165, 1.54) is 11.1 Å². The van der Waals surface area contributed by atoms with E-state index in [9.17, 15) is 0 Å². The van der Waals surface area contributed by atoms with Crippen molar-refractivity contribution in [2.75, 3.05) is 6.61 Å². The molecule has 0 spiro atoms. The molecule has 0 N–H and O–H groups in total. The Labute approximate surface area is 120 Å². The molecule has 1 saturated heterocycles. The number of hydrogen-bond donors (Lipinski definition) is 0. The second kappa shape index (κ2) is 5.48. The SMILES string of the molecule is C=C1COC(/C=C/c2ccccc2)(c2ccccc2)C1. The monoisotopic (exact) mass is 262 g/mol. The summed E-state index contributed by atoms with van der Waals surface area (Å²) < 4.78 is 6.07. The minimum Gasteiger partial charge on any atom is -0.361 e. The predicted molar refractivity (Wildman–Crippen MR) is 83.3 cm³/mol. The fraction of sp³-hybridized carbons (Fsp3) is 0.158. The third-order valence-corrected chi connectivity index (χ3v) is 3.65. The van der Waals surface area contributed by atoms with E-state index in [0.29, 0.717) is 6.61 Å². The quantitative estimate of drug-likeness (QED) is 0.736. The van der Waals surface area contributed by atoms with E-state index in [1.54, 1.807) is 0 Å². The van der Waals surface area contributed by atoms with Gasteiger partial charge in [0.25, 0.3) is 0 Å². The summed E-state index contributed by atoms with van der Waals surface area (Å²) in [5.41, 5.74) is 3.15. The molecule has 1 nitrogen and oxygen atoms in total. The van der Waals surface area contributed by atoms with Gasteiger partial charge in [0.1, 0.15) is 5.60 Å². The fourth-order valence-corrected chi connectivity index (χ4v) is 2.61. The Bertz CT molecular complexity index is 613. The minimum absolute atomic E-state index is 0.367. The molecule has 1 atom stereocenters. The molecule has 0 amide bonds. The van der Waals surface area contributed by atoms with Gasteiger partial charge in [-0.05, 0) is 22.8 Å². The van der Waals surface area contributed by atoms with Crippen molar-refractivity contribution in [3.8, 4) is 0 Å². The van der Waals surface area contributed by atoms with Gasteiger partial charge in [0.15, 0.2) is 0 Å². The van der Waals surface area contributed by atoms with Crippen molar-refractivity contribution in [3.05, 3.63) is 90.0 Å². The summed E-state index contributed by atoms with van der Waals surface area (Å²) in [6.07, 6.45) is 5.14. The molecule has 2 aromatic carbocycles. The van der Waals surface area contributed by atoms with Crippen molar-refractivity contribution in [2.24, 2.45) is 0 Å². The Morgan fingerprint density at radius 3 is 2.20 bits per heavy atom. The summed E-state index contributed by atoms with van der Waals surface area (Å²) in [7, 11) is 0. The van der Waals surface area contributed by atoms with E-state index in [4.69, 9.17) is 4.74 Å². The molecule has 1 heteroatoms. The van der Waals surface area contributed by atoms with Crippen LogP contribution in [0, 0.1) is 0 Å². The van der Waals surface area contributed by atoms with Gasteiger partial charge >= 0.3 is 0 Å². The molecule has 1 heterocycles. The standard InChI is InChI=1S/C19H18O/c1-16-14-19(20-15-16,18-10-6-3-7-11-18)13-12-17-8-4-2-5-9-17/h2-13H,1,14-15H2/b13-12+. The third kappa shape index (κ3) is 2.59. The van der Waals surface area contributed by atoms with Crippen molar-refractivity contribution in [3.63, 3.8) is 0 Å². The molecular formula is C19H18O. The predicted octanol–water partition coefficient (Wildman–Crippen LogP) is 4.57. The number of rotatable bonds is 3. The lowest BCUT2D eigenvalue weighted by atomic mass is 9.89. The first-order valence-corrected chi connectivity index (χ1v) is 6.89. The summed E-state index contributed by atoms with van der Waals surface area (Å²) in [6, 6.07) is 20.7. The normalized spacial score (nSPS) is 22.5. The number of hydrogen-bond acceptors (Lipinski definition) is 1. The topological polar surface area (TPSA) is 9.23 Å². The second-order valence-electron chi connectivity index (χ2n) is 5.21. The van der Waals surface area contributed by atoms with Gasteiger partial charge in [0, 0.05) is 6.42 Å². The molecule has 0 aliphatic carbocycles. The molecule has 0 bridgehead atoms. The van der Waals surface area contributed by atoms with Gasteiger partial charge in [-0.15, -0.1) is 0 Å². The molecule has 0 aromatic heterocycles. The van der Waals surface area contributed by atoms with Gasteiger partial charge in [0.2, 0.25) is 0 Å². The average molecular weight is 262 g/mol. The molecule has 3 rings (SSSR count). The van der Waals surface area contributed by atoms with Crippen molar-refractivity contribution < 1.29 is 4.74 Å². The van der Waals surface area contributed by atoms with Gasteiger partial charge in [-0.25, -0.2) is 0 Å². The maximum atomic E-state index is 6.07. The summed E-state index contributed by atoms with van der Waals surface area (Å²) >= 11 is 0. The molecule has 2 aromatic rings. The van der Waals surface area contributed by atoms with Gasteiger partial charge in [-0.1, -0.05) is 73.3 Å². The van der Waals surface area contributed by atoms with Crippen molar-refractivity contribution in [2.45, 2.75) is 12.0 Å². The third-order valence-electron chi connectivity index (χ3n) is 3.65. The zero-order valence-electron chi connectivity index (χ0n) is 11.5. The van der Waals surface area contributed by atoms with Crippen molar-refractivity contribution in [1.82, 2.24) is 0 Å². The Hall–Kier alpha value is -2.12. The van der Waals surface area contributed by atoms with Crippen LogP contribution in [0.5, 0.6) is 0 Å². The van der Waals surface area contributed by atoms with Crippen LogP contribution in [-0.2, 0) is 10.3 Å². The van der Waals surface area contributed by atoms with Gasteiger partial charge < -0.3 is 4.74 Å². The second-order valence-corrected chi connectivity index (χ2v) is 5.21. The smallest absolute Gasteiger partial charge is 0.116 e. The summed E-state index contributed by atoms with van der Waals surface area (Å²) in [5.74, 6) is 0. The molecule has 0 saturated carbocycles. The highest BCUT2D eigenvalue weighted by molar-refractivity contribution is 5.52. The van der Waals surface area contributed by atoms with Crippen molar-refractivity contribution >= 4 is 6.08 Å². The molecule has 1 aliphatic heterocycles. The van der Waals surface area contributed by atoms with E-state index in [1.807, 2.05) is 24.3 Å². The summed E-state index contributed by atoms with van der Waals surface area (Å²) in [4.78, 5) is 0. The van der Waals surface area contributed by atoms with Gasteiger partial charge in [-0.2, -0.15) is 0 Å². The molecule has 0 radical (unpaired) electrons. The van der Waals surface area contributed by atoms with Gasteiger partial charge in [0.05, 0.1) is 6.61 Å². The van der Waals surface area contributed by atoms with Crippen LogP contribution >= 0.6 is 0 Å². The molecule has 20 heavy (non-hydrogen) atoms. The zero-order chi connectivity index (χ0) is 13.8. The van der Waals surface area contributed by atoms with E-state index in [2.05, 4.69) is 55.1 Å². The molecular weight excluding hydrogens is 244 g/mol. The average Bonchev–Trinajstić information content (AvgIpc) is 2.90. The van der Waals surface area contributed by atoms with Crippen LogP contribution in [0.4, 0.5) is 0 Å². The van der Waals surface area contributed by atoms with Crippen LogP contribution in [-0.4, -0.2) is 6.61 Å². The highest BCUT2D eigenvalue weighted by atomic mass is 16.5. The van der Waals surface area contributed by atoms with Crippen LogP contribution in [0.3, 0.4) is 0 Å². The maximum absolute atomic E-state index is 6.07. The lowest BCUT2D eigenvalue weighted by Crippen LogP contribution is -2.21. The Balaban J connectivity index is 1.96. The van der Waals surface area contributed by atoms with Crippen LogP contribution in [0.1, 0.15) is 17.5 Å². The highest BCUT2D eigenvalue weighted by Crippen LogP contribution is 2.39. The number of benzene rings is 2. The first kappa shape index (κ1) is 12.9. The first-order valence-electron chi connectivity index (χ1n) is 6.89. The lowest BCUT2D eigenvalue weighted by molar-refractivity contribution is 0.0447. The molecule has 100 valence electrons. The fourth-order valence-electron chi connectivity index (χ4n) is 2.61. The zero-order valence-corrected chi connectivity index (χ0v) is 11.5. The summed E-state index contributed by atoms with van der Waals surface area (Å²) in [6.45, 7) is 4.70. The first-order chi connectivity index (χ1) is 9.78. The largest absolute Gasteiger partial charge is 0.361 e. The molecule has 1 aliphatic rings. The highest BCUT2D eigenvalue weighted by Gasteiger charge is 2.36.